The van der Waals surface area contributed by atoms with Crippen LogP contribution in [0.5, 0.6) is 5.75 Å². The minimum Gasteiger partial charge on any atom is -0.477 e. The largest absolute Gasteiger partial charge is 0.477 e. The topological polar surface area (TPSA) is 71.5 Å². The minimum absolute atomic E-state index is 0.133. The van der Waals surface area contributed by atoms with Crippen molar-refractivity contribution in [1.82, 2.24) is 10.3 Å². The van der Waals surface area contributed by atoms with Crippen LogP contribution < -0.4 is 15.0 Å². The van der Waals surface area contributed by atoms with Crippen LogP contribution in [0.1, 0.15) is 10.5 Å². The van der Waals surface area contributed by atoms with Gasteiger partial charge in [0.25, 0.3) is 11.8 Å². The van der Waals surface area contributed by atoms with E-state index < -0.39 is 6.10 Å². The van der Waals surface area contributed by atoms with E-state index in [1.807, 2.05) is 42.5 Å². The normalized spacial score (nSPS) is 15.6. The van der Waals surface area contributed by atoms with Gasteiger partial charge in [0.2, 0.25) is 0 Å². The van der Waals surface area contributed by atoms with Crippen molar-refractivity contribution in [3.63, 3.8) is 0 Å². The highest BCUT2D eigenvalue weighted by Gasteiger charge is 2.34. The first-order valence-electron chi connectivity index (χ1n) is 8.47. The van der Waals surface area contributed by atoms with Gasteiger partial charge in [-0.15, -0.1) is 11.3 Å². The molecule has 1 aliphatic rings. The lowest BCUT2D eigenvalue weighted by Crippen LogP contribution is -2.50. The van der Waals surface area contributed by atoms with E-state index >= 15 is 0 Å². The third-order valence-corrected chi connectivity index (χ3v) is 5.19. The van der Waals surface area contributed by atoms with E-state index in [1.165, 1.54) is 11.3 Å². The molecule has 0 fully saturated rings. The van der Waals surface area contributed by atoms with Crippen molar-refractivity contribution < 1.29 is 14.3 Å². The van der Waals surface area contributed by atoms with Crippen molar-refractivity contribution in [3.05, 3.63) is 65.7 Å². The predicted molar refractivity (Wildman–Crippen MR) is 104 cm³/mol. The molecule has 0 saturated heterocycles. The molecule has 1 aliphatic heterocycles. The van der Waals surface area contributed by atoms with Crippen LogP contribution in [0.3, 0.4) is 0 Å². The molecule has 0 spiro atoms. The Hall–Kier alpha value is -3.19. The molecular weight excluding hydrogens is 362 g/mol. The number of likely N-dealkylation sites (N-methyl/N-ethyl adjacent to an activating group) is 1. The first kappa shape index (κ1) is 17.2. The summed E-state index contributed by atoms with van der Waals surface area (Å²) in [5.74, 6) is -0.0205. The highest BCUT2D eigenvalue weighted by Crippen LogP contribution is 2.34. The average Bonchev–Trinajstić information content (AvgIpc) is 3.22. The number of hydrogen-bond acceptors (Lipinski definition) is 5. The van der Waals surface area contributed by atoms with E-state index in [0.29, 0.717) is 17.1 Å². The van der Waals surface area contributed by atoms with Crippen LogP contribution in [-0.4, -0.2) is 36.5 Å². The molecule has 0 bridgehead atoms. The van der Waals surface area contributed by atoms with Gasteiger partial charge < -0.3 is 10.1 Å². The number of ether oxygens (including phenoxy) is 1. The van der Waals surface area contributed by atoms with Crippen molar-refractivity contribution >= 4 is 28.8 Å². The summed E-state index contributed by atoms with van der Waals surface area (Å²) in [6.45, 7) is 0.133. The number of para-hydroxylation sites is 2. The highest BCUT2D eigenvalue weighted by molar-refractivity contribution is 7.13. The maximum atomic E-state index is 13.1. The first-order valence-corrected chi connectivity index (χ1v) is 9.35. The Bertz CT molecular complexity index is 987. The van der Waals surface area contributed by atoms with Crippen molar-refractivity contribution in [1.29, 1.82) is 0 Å². The number of thiazole rings is 1. The Morgan fingerprint density at radius 1 is 1.15 bits per heavy atom. The molecule has 2 heterocycles. The second-order valence-corrected chi connectivity index (χ2v) is 6.87. The predicted octanol–water partition coefficient (Wildman–Crippen LogP) is 2.96. The lowest BCUT2D eigenvalue weighted by Gasteiger charge is -2.33. The fourth-order valence-corrected chi connectivity index (χ4v) is 3.75. The zero-order valence-electron chi connectivity index (χ0n) is 14.6. The van der Waals surface area contributed by atoms with Gasteiger partial charge in [0, 0.05) is 18.0 Å². The third-order valence-electron chi connectivity index (χ3n) is 4.30. The van der Waals surface area contributed by atoms with Gasteiger partial charge in [0.05, 0.1) is 12.2 Å². The van der Waals surface area contributed by atoms with Gasteiger partial charge in [-0.2, -0.15) is 0 Å². The second kappa shape index (κ2) is 7.20. The van der Waals surface area contributed by atoms with E-state index in [9.17, 15) is 9.59 Å². The average molecular weight is 379 g/mol. The molecule has 7 heteroatoms. The number of carbonyl (C=O) groups is 2. The zero-order chi connectivity index (χ0) is 18.8. The van der Waals surface area contributed by atoms with Crippen LogP contribution in [-0.2, 0) is 4.79 Å². The number of anilines is 1. The van der Waals surface area contributed by atoms with Gasteiger partial charge in [-0.25, -0.2) is 4.98 Å². The number of rotatable bonds is 3. The number of nitrogens with one attached hydrogen (secondary N) is 1. The van der Waals surface area contributed by atoms with Gasteiger partial charge in [-0.1, -0.05) is 42.5 Å². The number of aromatic nitrogens is 1. The molecule has 4 rings (SSSR count). The summed E-state index contributed by atoms with van der Waals surface area (Å²) in [5.41, 5.74) is 1.95. The van der Waals surface area contributed by atoms with Crippen molar-refractivity contribution in [3.8, 4) is 16.3 Å². The number of nitrogens with zero attached hydrogens (tertiary/aromatic N) is 2. The smallest absolute Gasteiger partial charge is 0.278 e. The van der Waals surface area contributed by atoms with Crippen LogP contribution in [0.2, 0.25) is 0 Å². The van der Waals surface area contributed by atoms with Gasteiger partial charge in [-0.05, 0) is 12.1 Å². The van der Waals surface area contributed by atoms with Crippen LogP contribution in [0.4, 0.5) is 5.69 Å². The molecular formula is C20H17N3O3S. The zero-order valence-corrected chi connectivity index (χ0v) is 15.4. The summed E-state index contributed by atoms with van der Waals surface area (Å²) < 4.78 is 5.75. The minimum atomic E-state index is -0.763. The Morgan fingerprint density at radius 3 is 2.67 bits per heavy atom. The summed E-state index contributed by atoms with van der Waals surface area (Å²) in [5, 5.41) is 5.10. The molecule has 2 amide bonds. The number of amides is 2. The van der Waals surface area contributed by atoms with Gasteiger partial charge in [-0.3, -0.25) is 14.5 Å². The molecule has 27 heavy (non-hydrogen) atoms. The lowest BCUT2D eigenvalue weighted by atomic mass is 10.1. The summed E-state index contributed by atoms with van der Waals surface area (Å²) in [6.07, 6.45) is -0.763. The van der Waals surface area contributed by atoms with Crippen molar-refractivity contribution in [2.75, 3.05) is 18.5 Å². The lowest BCUT2D eigenvalue weighted by molar-refractivity contribution is -0.127. The molecule has 136 valence electrons. The molecule has 3 aromatic rings. The van der Waals surface area contributed by atoms with Gasteiger partial charge >= 0.3 is 0 Å². The summed E-state index contributed by atoms with van der Waals surface area (Å²) in [7, 11) is 1.55. The van der Waals surface area contributed by atoms with E-state index in [-0.39, 0.29) is 18.4 Å². The molecule has 1 aromatic heterocycles. The van der Waals surface area contributed by atoms with E-state index in [4.69, 9.17) is 4.74 Å². The Kier molecular flexibility index (Phi) is 4.60. The number of fused-ring (bicyclic) bond motifs is 1. The van der Waals surface area contributed by atoms with Crippen molar-refractivity contribution in [2.24, 2.45) is 0 Å². The Labute approximate surface area is 160 Å². The van der Waals surface area contributed by atoms with Gasteiger partial charge in [0.1, 0.15) is 16.5 Å². The Balaban J connectivity index is 1.66. The standard InChI is InChI=1S/C20H17N3O3S/c1-21-18(24)17-11-23(15-9-5-6-10-16(15)26-17)20(25)14-12-27-19(22-14)13-7-3-2-4-8-13/h2-10,12,17H,11H2,1H3,(H,21,24). The van der Waals surface area contributed by atoms with Gasteiger partial charge in [0.15, 0.2) is 6.10 Å². The number of benzene rings is 2. The highest BCUT2D eigenvalue weighted by atomic mass is 32.1. The second-order valence-electron chi connectivity index (χ2n) is 6.01. The molecule has 0 radical (unpaired) electrons. The first-order chi connectivity index (χ1) is 13.2. The third kappa shape index (κ3) is 3.29. The summed E-state index contributed by atoms with van der Waals surface area (Å²) in [4.78, 5) is 31.3. The maximum Gasteiger partial charge on any atom is 0.278 e. The molecule has 0 saturated carbocycles. The van der Waals surface area contributed by atoms with Crippen LogP contribution in [0, 0.1) is 0 Å². The SMILES string of the molecule is CNC(=O)C1CN(C(=O)c2csc(-c3ccccc3)n2)c2ccccc2O1. The monoisotopic (exact) mass is 379 g/mol. The Morgan fingerprint density at radius 2 is 1.89 bits per heavy atom. The fraction of sp³-hybridized carbons (Fsp3) is 0.150. The molecule has 2 aromatic carbocycles. The number of hydrogen-bond donors (Lipinski definition) is 1. The maximum absolute atomic E-state index is 13.1. The summed E-state index contributed by atoms with van der Waals surface area (Å²) in [6, 6.07) is 16.9. The van der Waals surface area contributed by atoms with E-state index in [1.54, 1.807) is 29.5 Å². The van der Waals surface area contributed by atoms with E-state index in [2.05, 4.69) is 10.3 Å². The van der Waals surface area contributed by atoms with Crippen LogP contribution in [0.25, 0.3) is 10.6 Å². The van der Waals surface area contributed by atoms with Crippen LogP contribution in [0.15, 0.2) is 60.0 Å². The number of carbonyl (C=O) groups excluding carboxylic acids is 2. The fourth-order valence-electron chi connectivity index (χ4n) is 2.95. The molecule has 1 unspecified atom stereocenters. The van der Waals surface area contributed by atoms with E-state index in [0.717, 1.165) is 10.6 Å². The van der Waals surface area contributed by atoms with Crippen LogP contribution >= 0.6 is 11.3 Å². The summed E-state index contributed by atoms with van der Waals surface area (Å²) >= 11 is 1.42. The molecule has 0 aliphatic carbocycles. The molecule has 1 N–H and O–H groups in total. The quantitative estimate of drug-likeness (QED) is 0.759. The molecule has 1 atom stereocenters. The molecule has 6 nitrogen and oxygen atoms in total. The van der Waals surface area contributed by atoms with Crippen molar-refractivity contribution in [2.45, 2.75) is 6.10 Å².